The minimum Gasteiger partial charge on any atom is -0.491 e. The molecule has 1 spiro atoms. The summed E-state index contributed by atoms with van der Waals surface area (Å²) in [4.78, 5) is 93.0. The maximum absolute atomic E-state index is 16.7. The number of aliphatic hydroxyl groups excluding tert-OH is 1. The predicted octanol–water partition coefficient (Wildman–Crippen LogP) is 5.44. The third-order valence-electron chi connectivity index (χ3n) is 13.6. The molecule has 6 amide bonds. The lowest BCUT2D eigenvalue weighted by atomic mass is 9.64. The van der Waals surface area contributed by atoms with Gasteiger partial charge >= 0.3 is 24.0 Å². The number of carbonyl (C=O) groups excluding carboxylic acids is 6. The molecule has 4 heterocycles. The first-order chi connectivity index (χ1) is 33.4. The molecule has 4 aromatic carbocycles. The monoisotopic (exact) mass is 938 g/mol. The number of hydrogen-bond donors (Lipinski definition) is 4. The summed E-state index contributed by atoms with van der Waals surface area (Å²) in [6.07, 6.45) is 3.22. The summed E-state index contributed by atoms with van der Waals surface area (Å²) < 4.78 is 17.7. The van der Waals surface area contributed by atoms with E-state index in [0.29, 0.717) is 48.4 Å². The molecule has 16 nitrogen and oxygen atoms in total. The molecule has 4 aliphatic heterocycles. The smallest absolute Gasteiger partial charge is 0.329 e. The van der Waals surface area contributed by atoms with E-state index in [0.717, 1.165) is 29.7 Å². The van der Waals surface area contributed by atoms with Gasteiger partial charge in [0.05, 0.1) is 44.0 Å². The highest BCUT2D eigenvalue weighted by Crippen LogP contribution is 2.66. The number of ether oxygens (including phenoxy) is 3. The fourth-order valence-electron chi connectivity index (χ4n) is 10.7. The van der Waals surface area contributed by atoms with Crippen LogP contribution in [-0.2, 0) is 34.1 Å². The van der Waals surface area contributed by atoms with Crippen molar-refractivity contribution in [3.05, 3.63) is 131 Å². The molecule has 5 N–H and O–H groups in total. The van der Waals surface area contributed by atoms with Gasteiger partial charge < -0.3 is 40.6 Å². The highest BCUT2D eigenvalue weighted by Gasteiger charge is 2.76. The molecule has 3 fully saturated rings. The Labute approximate surface area is 401 Å². The van der Waals surface area contributed by atoms with Crippen molar-refractivity contribution in [2.75, 3.05) is 44.9 Å². The molecule has 7 atom stereocenters. The number of imide groups is 1. The van der Waals surface area contributed by atoms with Crippen LogP contribution in [0, 0.1) is 23.7 Å². The number of cyclic esters (lactones) is 1. The van der Waals surface area contributed by atoms with Crippen molar-refractivity contribution >= 4 is 41.5 Å². The summed E-state index contributed by atoms with van der Waals surface area (Å²) >= 11 is 0. The summed E-state index contributed by atoms with van der Waals surface area (Å²) in [6.45, 7) is 3.78. The zero-order valence-corrected chi connectivity index (χ0v) is 39.0. The van der Waals surface area contributed by atoms with E-state index in [1.54, 1.807) is 61.2 Å². The number of fused-ring (bicyclic) bond motifs is 3. The summed E-state index contributed by atoms with van der Waals surface area (Å²) in [5, 5.41) is 15.1. The number of rotatable bonds is 11. The maximum atomic E-state index is 16.7. The van der Waals surface area contributed by atoms with Gasteiger partial charge in [0.15, 0.2) is 0 Å². The molecule has 0 aliphatic carbocycles. The van der Waals surface area contributed by atoms with Gasteiger partial charge in [0, 0.05) is 18.7 Å². The summed E-state index contributed by atoms with van der Waals surface area (Å²) in [5.74, 6) is 1.60. The molecule has 8 rings (SSSR count). The van der Waals surface area contributed by atoms with Crippen LogP contribution in [0.5, 0.6) is 5.75 Å². The average Bonchev–Trinajstić information content (AvgIpc) is 3.80. The summed E-state index contributed by atoms with van der Waals surface area (Å²) in [5.41, 5.74) is 5.84. The lowest BCUT2D eigenvalue weighted by Crippen LogP contribution is -2.58. The number of nitrogens with two attached hydrogens (primary N) is 1. The molecule has 0 unspecified atom stereocenters. The van der Waals surface area contributed by atoms with Crippen LogP contribution in [0.1, 0.15) is 92.0 Å². The SMILES string of the molecule is COC(=O)[C@@H](NC(=O)N1C(=O)[C@@]2(c3cc(C#CCNC(N)=O)ccc31)[C@H](c1cccc(OCCO)c1)N1[C@H](c3ccccc3)[C@H](c3ccccc3)OC(=O)[C@H]1[C@@H]2C(=O)N1CCCCCCC1)C(C)C. The van der Waals surface area contributed by atoms with Crippen LogP contribution in [0.4, 0.5) is 15.3 Å². The molecule has 4 aliphatic rings. The van der Waals surface area contributed by atoms with Crippen molar-refractivity contribution in [2.24, 2.45) is 17.6 Å². The van der Waals surface area contributed by atoms with E-state index in [1.807, 2.05) is 65.6 Å². The van der Waals surface area contributed by atoms with E-state index < -0.39 is 83.3 Å². The lowest BCUT2D eigenvalue weighted by molar-refractivity contribution is -0.179. The number of methoxy groups -OCH3 is 1. The van der Waals surface area contributed by atoms with Crippen LogP contribution >= 0.6 is 0 Å². The Hall–Kier alpha value is -7.22. The molecule has 3 saturated heterocycles. The van der Waals surface area contributed by atoms with Gasteiger partial charge in [0.25, 0.3) is 0 Å². The number of likely N-dealkylation sites (tertiary alicyclic amines) is 1. The molecule has 16 heteroatoms. The van der Waals surface area contributed by atoms with E-state index in [1.165, 1.54) is 7.11 Å². The van der Waals surface area contributed by atoms with Crippen molar-refractivity contribution in [3.63, 3.8) is 0 Å². The summed E-state index contributed by atoms with van der Waals surface area (Å²) in [7, 11) is 1.21. The van der Waals surface area contributed by atoms with E-state index in [2.05, 4.69) is 22.5 Å². The maximum Gasteiger partial charge on any atom is 0.329 e. The number of aliphatic hydroxyl groups is 1. The number of amides is 6. The first-order valence-electron chi connectivity index (χ1n) is 23.5. The van der Waals surface area contributed by atoms with Crippen molar-refractivity contribution in [1.82, 2.24) is 20.4 Å². The Morgan fingerprint density at radius 1 is 0.855 bits per heavy atom. The standard InChI is InChI=1S/C53H58N6O10/c1-33(2)42(48(62)67-3)56-52(66)58-40-25-24-34(17-16-26-55-51(54)65)31-39(40)53(50(58)64)41(47(61)57-27-13-5-4-6-14-28-57)44-49(63)69-45(36-20-11-8-12-21-36)43(35-18-9-7-10-19-35)59(44)46(53)37-22-15-23-38(32-37)68-30-29-60/h7-12,15,18-25,31-33,41-46,60H,4-6,13-14,26-30H2,1-3H3,(H,56,66)(H3,54,55,65)/t41-,42+,43-,44-,45+,46+,53-/m1/s1. The molecule has 0 radical (unpaired) electrons. The van der Waals surface area contributed by atoms with Crippen LogP contribution in [0.15, 0.2) is 103 Å². The van der Waals surface area contributed by atoms with E-state index in [4.69, 9.17) is 19.9 Å². The van der Waals surface area contributed by atoms with Gasteiger partial charge in [-0.15, -0.1) is 0 Å². The number of morpholine rings is 1. The van der Waals surface area contributed by atoms with E-state index in [9.17, 15) is 14.7 Å². The average molecular weight is 939 g/mol. The van der Waals surface area contributed by atoms with Crippen molar-refractivity contribution < 1.29 is 48.1 Å². The largest absolute Gasteiger partial charge is 0.491 e. The second kappa shape index (κ2) is 21.0. The minimum atomic E-state index is -2.09. The zero-order chi connectivity index (χ0) is 48.8. The highest BCUT2D eigenvalue weighted by atomic mass is 16.6. The molecular formula is C53H58N6O10. The second-order valence-corrected chi connectivity index (χ2v) is 18.1. The van der Waals surface area contributed by atoms with Crippen molar-refractivity contribution in [1.29, 1.82) is 0 Å². The fourth-order valence-corrected chi connectivity index (χ4v) is 10.7. The number of urea groups is 2. The molecule has 0 aromatic heterocycles. The Bertz CT molecular complexity index is 2630. The Balaban J connectivity index is 1.47. The van der Waals surface area contributed by atoms with Crippen molar-refractivity contribution in [3.8, 4) is 17.6 Å². The fraction of sp³-hybridized carbons (Fsp3) is 0.396. The quantitative estimate of drug-likeness (QED) is 0.110. The van der Waals surface area contributed by atoms with Crippen molar-refractivity contribution in [2.45, 2.75) is 81.6 Å². The van der Waals surface area contributed by atoms with Crippen LogP contribution in [0.2, 0.25) is 0 Å². The van der Waals surface area contributed by atoms with Gasteiger partial charge in [-0.3, -0.25) is 19.3 Å². The van der Waals surface area contributed by atoms with Crippen LogP contribution < -0.4 is 26.0 Å². The number of primary amides is 1. The molecule has 360 valence electrons. The Morgan fingerprint density at radius 3 is 2.17 bits per heavy atom. The first-order valence-corrected chi connectivity index (χ1v) is 23.5. The number of benzene rings is 4. The third-order valence-corrected chi connectivity index (χ3v) is 13.6. The van der Waals surface area contributed by atoms with Gasteiger partial charge in [-0.25, -0.2) is 19.3 Å². The van der Waals surface area contributed by atoms with Gasteiger partial charge in [-0.1, -0.05) is 118 Å². The van der Waals surface area contributed by atoms with Crippen LogP contribution in [0.25, 0.3) is 0 Å². The van der Waals surface area contributed by atoms with Crippen LogP contribution in [-0.4, -0.2) is 103 Å². The number of nitrogens with zero attached hydrogens (tertiary/aromatic N) is 3. The highest BCUT2D eigenvalue weighted by molar-refractivity contribution is 6.25. The minimum absolute atomic E-state index is 0.0454. The topological polar surface area (TPSA) is 210 Å². The van der Waals surface area contributed by atoms with Gasteiger partial charge in [0.2, 0.25) is 11.8 Å². The Kier molecular flexibility index (Phi) is 14.7. The Morgan fingerprint density at radius 2 is 1.52 bits per heavy atom. The second-order valence-electron chi connectivity index (χ2n) is 18.1. The number of nitrogens with one attached hydrogen (secondary N) is 2. The molecule has 0 bridgehead atoms. The molecule has 0 saturated carbocycles. The molecule has 69 heavy (non-hydrogen) atoms. The third kappa shape index (κ3) is 9.24. The number of carbonyl (C=O) groups is 6. The van der Waals surface area contributed by atoms with E-state index in [-0.39, 0.29) is 31.0 Å². The van der Waals surface area contributed by atoms with Gasteiger partial charge in [-0.2, -0.15) is 0 Å². The van der Waals surface area contributed by atoms with E-state index >= 15 is 19.2 Å². The lowest BCUT2D eigenvalue weighted by Gasteiger charge is -2.46. The predicted molar refractivity (Wildman–Crippen MR) is 254 cm³/mol. The molecule has 4 aromatic rings. The number of anilines is 1. The van der Waals surface area contributed by atoms with Gasteiger partial charge in [-0.05, 0) is 71.3 Å². The first kappa shape index (κ1) is 48.2. The number of esters is 2. The normalized spacial score (nSPS) is 23.6. The van der Waals surface area contributed by atoms with Crippen LogP contribution in [0.3, 0.4) is 0 Å². The summed E-state index contributed by atoms with van der Waals surface area (Å²) in [6, 6.07) is 24.3. The van der Waals surface area contributed by atoms with Gasteiger partial charge in [0.1, 0.15) is 36.0 Å². The molecular weight excluding hydrogens is 881 g/mol. The zero-order valence-electron chi connectivity index (χ0n) is 39.0. The number of hydrogen-bond acceptors (Lipinski definition) is 11.